The number of carbonyl (C=O) groups is 3. The zero-order valence-electron chi connectivity index (χ0n) is 11.9. The fraction of sp³-hybridized carbons (Fsp3) is 0.133. The topological polar surface area (TPSA) is 75.3 Å². The fourth-order valence-electron chi connectivity index (χ4n) is 1.73. The van der Waals surface area contributed by atoms with Crippen molar-refractivity contribution < 1.29 is 14.4 Å². The lowest BCUT2D eigenvalue weighted by Crippen LogP contribution is -2.18. The Kier molecular flexibility index (Phi) is 4.95. The third-order valence-corrected chi connectivity index (χ3v) is 4.18. The highest BCUT2D eigenvalue weighted by Gasteiger charge is 2.14. The molecule has 0 saturated carbocycles. The second-order valence-corrected chi connectivity index (χ2v) is 5.80. The van der Waals surface area contributed by atoms with E-state index in [2.05, 4.69) is 10.6 Å². The van der Waals surface area contributed by atoms with Crippen LogP contribution in [0.3, 0.4) is 0 Å². The van der Waals surface area contributed by atoms with Gasteiger partial charge in [0.2, 0.25) is 0 Å². The molecule has 7 heteroatoms. The minimum Gasteiger partial charge on any atom is -0.355 e. The summed E-state index contributed by atoms with van der Waals surface area (Å²) < 4.78 is 0. The number of nitrogens with one attached hydrogen (secondary N) is 2. The molecule has 1 aromatic heterocycles. The van der Waals surface area contributed by atoms with E-state index in [0.29, 0.717) is 21.7 Å². The average Bonchev–Trinajstić information content (AvgIpc) is 2.98. The van der Waals surface area contributed by atoms with Crippen molar-refractivity contribution in [2.45, 2.75) is 6.92 Å². The van der Waals surface area contributed by atoms with Crippen molar-refractivity contribution in [1.82, 2.24) is 5.32 Å². The Balaban J connectivity index is 2.17. The molecule has 0 bridgehead atoms. The molecule has 114 valence electrons. The van der Waals surface area contributed by atoms with Crippen LogP contribution in [0, 0.1) is 0 Å². The maximum absolute atomic E-state index is 12.1. The van der Waals surface area contributed by atoms with E-state index in [-0.39, 0.29) is 22.6 Å². The molecule has 2 rings (SSSR count). The third kappa shape index (κ3) is 3.52. The molecule has 0 spiro atoms. The van der Waals surface area contributed by atoms with Gasteiger partial charge in [0.1, 0.15) is 0 Å². The SMILES string of the molecule is CNC(=O)c1ccc(NC(=O)c2cc(C(C)=O)cs2)c(Cl)c1. The molecule has 5 nitrogen and oxygen atoms in total. The first kappa shape index (κ1) is 16.2. The van der Waals surface area contributed by atoms with Gasteiger partial charge in [-0.05, 0) is 31.2 Å². The number of thiophene rings is 1. The van der Waals surface area contributed by atoms with Crippen molar-refractivity contribution in [1.29, 1.82) is 0 Å². The molecule has 0 radical (unpaired) electrons. The summed E-state index contributed by atoms with van der Waals surface area (Å²) in [4.78, 5) is 35.3. The summed E-state index contributed by atoms with van der Waals surface area (Å²) in [6.07, 6.45) is 0. The summed E-state index contributed by atoms with van der Waals surface area (Å²) >= 11 is 7.25. The second kappa shape index (κ2) is 6.72. The number of benzene rings is 1. The summed E-state index contributed by atoms with van der Waals surface area (Å²) in [5.74, 6) is -0.709. The molecule has 2 N–H and O–H groups in total. The van der Waals surface area contributed by atoms with Crippen LogP contribution in [0.2, 0.25) is 5.02 Å². The Labute approximate surface area is 136 Å². The van der Waals surface area contributed by atoms with Gasteiger partial charge in [-0.1, -0.05) is 11.6 Å². The normalized spacial score (nSPS) is 10.1. The number of Topliss-reactive ketones (excluding diaryl/α,β-unsaturated/α-hetero) is 1. The summed E-state index contributed by atoms with van der Waals surface area (Å²) in [6.45, 7) is 1.44. The van der Waals surface area contributed by atoms with Gasteiger partial charge in [-0.15, -0.1) is 11.3 Å². The third-order valence-electron chi connectivity index (χ3n) is 2.94. The highest BCUT2D eigenvalue weighted by Crippen LogP contribution is 2.25. The summed E-state index contributed by atoms with van der Waals surface area (Å²) in [7, 11) is 1.52. The van der Waals surface area contributed by atoms with Gasteiger partial charge in [0.25, 0.3) is 11.8 Å². The molecule has 1 heterocycles. The molecule has 0 unspecified atom stereocenters. The molecular formula is C15H13ClN2O3S. The molecule has 1 aromatic carbocycles. The maximum Gasteiger partial charge on any atom is 0.265 e. The maximum atomic E-state index is 12.1. The number of hydrogen-bond donors (Lipinski definition) is 2. The van der Waals surface area contributed by atoms with Gasteiger partial charge in [0.05, 0.1) is 15.6 Å². The number of amides is 2. The van der Waals surface area contributed by atoms with Crippen LogP contribution in [0.15, 0.2) is 29.6 Å². The number of rotatable bonds is 4. The van der Waals surface area contributed by atoms with Gasteiger partial charge >= 0.3 is 0 Å². The largest absolute Gasteiger partial charge is 0.355 e. The van der Waals surface area contributed by atoms with E-state index in [4.69, 9.17) is 11.6 Å². The van der Waals surface area contributed by atoms with Crippen LogP contribution in [0.4, 0.5) is 5.69 Å². The zero-order chi connectivity index (χ0) is 16.3. The Hall–Kier alpha value is -2.18. The van der Waals surface area contributed by atoms with E-state index >= 15 is 0 Å². The van der Waals surface area contributed by atoms with E-state index in [0.717, 1.165) is 0 Å². The molecule has 0 aliphatic carbocycles. The molecule has 22 heavy (non-hydrogen) atoms. The Bertz CT molecular complexity index is 755. The lowest BCUT2D eigenvalue weighted by Gasteiger charge is -2.07. The van der Waals surface area contributed by atoms with E-state index in [1.807, 2.05) is 0 Å². The van der Waals surface area contributed by atoms with Gasteiger partial charge in [-0.2, -0.15) is 0 Å². The molecule has 0 saturated heterocycles. The number of hydrogen-bond acceptors (Lipinski definition) is 4. The van der Waals surface area contributed by atoms with Crippen molar-refractivity contribution in [2.75, 3.05) is 12.4 Å². The Morgan fingerprint density at radius 2 is 1.82 bits per heavy atom. The van der Waals surface area contributed by atoms with Crippen LogP contribution < -0.4 is 10.6 Å². The van der Waals surface area contributed by atoms with Crippen molar-refractivity contribution in [3.05, 3.63) is 50.7 Å². The second-order valence-electron chi connectivity index (χ2n) is 4.48. The van der Waals surface area contributed by atoms with Gasteiger partial charge < -0.3 is 10.6 Å². The molecule has 0 aliphatic rings. The molecule has 2 aromatic rings. The first-order chi connectivity index (χ1) is 10.4. The van der Waals surface area contributed by atoms with E-state index in [9.17, 15) is 14.4 Å². The van der Waals surface area contributed by atoms with Gasteiger partial charge in [0.15, 0.2) is 5.78 Å². The molecule has 2 amide bonds. The van der Waals surface area contributed by atoms with Crippen molar-refractivity contribution in [2.24, 2.45) is 0 Å². The number of halogens is 1. The summed E-state index contributed by atoms with van der Waals surface area (Å²) in [5, 5.41) is 7.05. The summed E-state index contributed by atoms with van der Waals surface area (Å²) in [6, 6.07) is 6.14. The fourth-order valence-corrected chi connectivity index (χ4v) is 2.79. The van der Waals surface area contributed by atoms with E-state index < -0.39 is 0 Å². The van der Waals surface area contributed by atoms with Crippen molar-refractivity contribution in [3.8, 4) is 0 Å². The number of ketones is 1. The van der Waals surface area contributed by atoms with Crippen LogP contribution in [0.25, 0.3) is 0 Å². The standard InChI is InChI=1S/C15H13ClN2O3S/c1-8(19)10-6-13(22-7-10)15(21)18-12-4-3-9(5-11(12)16)14(20)17-2/h3-7H,1-2H3,(H,17,20)(H,18,21). The Morgan fingerprint density at radius 1 is 1.09 bits per heavy atom. The van der Waals surface area contributed by atoms with Gasteiger partial charge in [-0.25, -0.2) is 0 Å². The molecular weight excluding hydrogens is 324 g/mol. The van der Waals surface area contributed by atoms with Crippen LogP contribution >= 0.6 is 22.9 Å². The van der Waals surface area contributed by atoms with Gasteiger partial charge in [-0.3, -0.25) is 14.4 Å². The van der Waals surface area contributed by atoms with Crippen LogP contribution in [-0.4, -0.2) is 24.6 Å². The van der Waals surface area contributed by atoms with Crippen molar-refractivity contribution >= 4 is 46.2 Å². The van der Waals surface area contributed by atoms with Crippen LogP contribution in [0.1, 0.15) is 37.3 Å². The lowest BCUT2D eigenvalue weighted by molar-refractivity contribution is 0.0961. The molecule has 0 fully saturated rings. The number of anilines is 1. The molecule has 0 atom stereocenters. The van der Waals surface area contributed by atoms with Crippen molar-refractivity contribution in [3.63, 3.8) is 0 Å². The summed E-state index contributed by atoms with van der Waals surface area (Å²) in [5.41, 5.74) is 1.30. The highest BCUT2D eigenvalue weighted by molar-refractivity contribution is 7.12. The van der Waals surface area contributed by atoms with Crippen LogP contribution in [-0.2, 0) is 0 Å². The highest BCUT2D eigenvalue weighted by atomic mass is 35.5. The minimum atomic E-state index is -0.355. The quantitative estimate of drug-likeness (QED) is 0.842. The van der Waals surface area contributed by atoms with Crippen LogP contribution in [0.5, 0.6) is 0 Å². The zero-order valence-corrected chi connectivity index (χ0v) is 13.5. The Morgan fingerprint density at radius 3 is 2.36 bits per heavy atom. The van der Waals surface area contributed by atoms with E-state index in [1.165, 1.54) is 37.4 Å². The average molecular weight is 337 g/mol. The monoisotopic (exact) mass is 336 g/mol. The number of carbonyl (C=O) groups excluding carboxylic acids is 3. The minimum absolute atomic E-state index is 0.0942. The first-order valence-corrected chi connectivity index (χ1v) is 7.60. The lowest BCUT2D eigenvalue weighted by atomic mass is 10.2. The smallest absolute Gasteiger partial charge is 0.265 e. The predicted molar refractivity (Wildman–Crippen MR) is 87.1 cm³/mol. The predicted octanol–water partition coefficient (Wildman–Crippen LogP) is 3.22. The van der Waals surface area contributed by atoms with E-state index in [1.54, 1.807) is 17.5 Å². The first-order valence-electron chi connectivity index (χ1n) is 6.35. The van der Waals surface area contributed by atoms with Gasteiger partial charge in [0, 0.05) is 23.6 Å². The molecule has 0 aliphatic heterocycles.